The molecular formula is C23H30N2O2. The Bertz CT molecular complexity index is 720. The van der Waals surface area contributed by atoms with E-state index in [1.807, 2.05) is 41.3 Å². The van der Waals surface area contributed by atoms with Gasteiger partial charge in [-0.15, -0.1) is 0 Å². The molecule has 1 saturated heterocycles. The number of likely N-dealkylation sites (tertiary alicyclic amines) is 1. The molecule has 0 aromatic heterocycles. The quantitative estimate of drug-likeness (QED) is 0.792. The fraction of sp³-hybridized carbons (Fsp3) is 0.435. The van der Waals surface area contributed by atoms with Gasteiger partial charge in [0.15, 0.2) is 0 Å². The highest BCUT2D eigenvalue weighted by molar-refractivity contribution is 5.79. The minimum atomic E-state index is -0.662. The van der Waals surface area contributed by atoms with Gasteiger partial charge in [0.1, 0.15) is 0 Å². The van der Waals surface area contributed by atoms with E-state index in [0.717, 1.165) is 38.6 Å². The van der Waals surface area contributed by atoms with Crippen LogP contribution in [0, 0.1) is 5.92 Å². The van der Waals surface area contributed by atoms with Crippen LogP contribution in [0.15, 0.2) is 60.7 Å². The molecule has 1 aliphatic heterocycles. The summed E-state index contributed by atoms with van der Waals surface area (Å²) in [4.78, 5) is 15.2. The van der Waals surface area contributed by atoms with Gasteiger partial charge in [0.2, 0.25) is 5.91 Å². The van der Waals surface area contributed by atoms with Crippen molar-refractivity contribution < 1.29 is 9.90 Å². The fourth-order valence-corrected chi connectivity index (χ4v) is 3.93. The molecule has 1 heterocycles. The molecule has 4 nitrogen and oxygen atoms in total. The van der Waals surface area contributed by atoms with Crippen LogP contribution in [-0.4, -0.2) is 41.1 Å². The minimum Gasteiger partial charge on any atom is -0.394 e. The Kier molecular flexibility index (Phi) is 6.64. The average Bonchev–Trinajstić information content (AvgIpc) is 2.72. The monoisotopic (exact) mass is 366 g/mol. The second-order valence-electron chi connectivity index (χ2n) is 7.79. The third-order valence-corrected chi connectivity index (χ3v) is 5.53. The van der Waals surface area contributed by atoms with Crippen molar-refractivity contribution in [2.45, 2.75) is 37.6 Å². The number of nitrogens with two attached hydrogens (primary N) is 1. The van der Waals surface area contributed by atoms with Gasteiger partial charge in [-0.3, -0.25) is 4.79 Å². The van der Waals surface area contributed by atoms with Crippen molar-refractivity contribution >= 4 is 5.91 Å². The zero-order valence-electron chi connectivity index (χ0n) is 15.9. The Morgan fingerprint density at radius 3 is 2.33 bits per heavy atom. The third kappa shape index (κ3) is 5.41. The van der Waals surface area contributed by atoms with Crippen molar-refractivity contribution in [3.63, 3.8) is 0 Å². The molecule has 2 aromatic carbocycles. The van der Waals surface area contributed by atoms with E-state index >= 15 is 0 Å². The van der Waals surface area contributed by atoms with Gasteiger partial charge in [-0.2, -0.15) is 0 Å². The van der Waals surface area contributed by atoms with Crippen LogP contribution in [0.3, 0.4) is 0 Å². The number of hydrogen-bond acceptors (Lipinski definition) is 3. The molecule has 0 aliphatic carbocycles. The van der Waals surface area contributed by atoms with Gasteiger partial charge in [-0.1, -0.05) is 60.7 Å². The summed E-state index contributed by atoms with van der Waals surface area (Å²) in [7, 11) is 0. The maximum atomic E-state index is 13.3. The van der Waals surface area contributed by atoms with E-state index in [9.17, 15) is 9.90 Å². The lowest BCUT2D eigenvalue weighted by Crippen LogP contribution is -2.58. The number of carbonyl (C=O) groups is 1. The topological polar surface area (TPSA) is 66.6 Å². The first kappa shape index (κ1) is 19.6. The van der Waals surface area contributed by atoms with Crippen LogP contribution < -0.4 is 5.73 Å². The third-order valence-electron chi connectivity index (χ3n) is 5.53. The largest absolute Gasteiger partial charge is 0.394 e. The van der Waals surface area contributed by atoms with Crippen LogP contribution >= 0.6 is 0 Å². The first-order valence-corrected chi connectivity index (χ1v) is 9.86. The van der Waals surface area contributed by atoms with Gasteiger partial charge < -0.3 is 15.7 Å². The first-order valence-electron chi connectivity index (χ1n) is 9.86. The Labute approximate surface area is 162 Å². The second-order valence-corrected chi connectivity index (χ2v) is 7.79. The van der Waals surface area contributed by atoms with E-state index in [1.165, 1.54) is 11.1 Å². The molecule has 1 fully saturated rings. The maximum absolute atomic E-state index is 13.3. The van der Waals surface area contributed by atoms with E-state index in [0.29, 0.717) is 6.54 Å². The zero-order valence-corrected chi connectivity index (χ0v) is 15.9. The molecular weight excluding hydrogens is 336 g/mol. The first-order chi connectivity index (χ1) is 13.1. The molecule has 144 valence electrons. The van der Waals surface area contributed by atoms with Crippen LogP contribution in [-0.2, 0) is 17.6 Å². The molecule has 27 heavy (non-hydrogen) atoms. The van der Waals surface area contributed by atoms with Crippen LogP contribution in [0.2, 0.25) is 0 Å². The predicted molar refractivity (Wildman–Crippen MR) is 108 cm³/mol. The molecule has 2 atom stereocenters. The summed E-state index contributed by atoms with van der Waals surface area (Å²) >= 11 is 0. The normalized spacial score (nSPS) is 21.0. The van der Waals surface area contributed by atoms with Gasteiger partial charge in [-0.25, -0.2) is 0 Å². The van der Waals surface area contributed by atoms with Gasteiger partial charge in [-0.05, 0) is 43.2 Å². The minimum absolute atomic E-state index is 0.0753. The van der Waals surface area contributed by atoms with Crippen molar-refractivity contribution in [1.29, 1.82) is 0 Å². The number of rotatable bonds is 7. The molecule has 2 unspecified atom stereocenters. The van der Waals surface area contributed by atoms with Crippen molar-refractivity contribution in [3.05, 3.63) is 71.8 Å². The number of piperidine rings is 1. The van der Waals surface area contributed by atoms with Gasteiger partial charge in [0.25, 0.3) is 0 Å². The highest BCUT2D eigenvalue weighted by atomic mass is 16.3. The molecule has 0 bridgehead atoms. The summed E-state index contributed by atoms with van der Waals surface area (Å²) in [6.07, 6.45) is 4.04. The average molecular weight is 367 g/mol. The number of benzene rings is 2. The summed E-state index contributed by atoms with van der Waals surface area (Å²) in [6.45, 7) is 1.09. The second kappa shape index (κ2) is 9.16. The lowest BCUT2D eigenvalue weighted by atomic mass is 9.87. The highest BCUT2D eigenvalue weighted by Gasteiger charge is 2.35. The molecule has 0 saturated carbocycles. The summed E-state index contributed by atoms with van der Waals surface area (Å²) in [6, 6.07) is 20.5. The van der Waals surface area contributed by atoms with Crippen LogP contribution in [0.5, 0.6) is 0 Å². The van der Waals surface area contributed by atoms with Crippen molar-refractivity contribution in [2.24, 2.45) is 11.7 Å². The van der Waals surface area contributed by atoms with E-state index in [1.54, 1.807) is 0 Å². The standard InChI is InChI=1S/C23H30N2O2/c24-23(18-26)14-7-15-25(17-23)22(27)21(16-20-10-5-2-6-11-20)13-12-19-8-3-1-4-9-19/h1-6,8-11,21,26H,7,12-18,24H2. The number of hydrogen-bond donors (Lipinski definition) is 2. The predicted octanol–water partition coefficient (Wildman–Crippen LogP) is 2.79. The summed E-state index contributed by atoms with van der Waals surface area (Å²) in [5, 5.41) is 9.61. The molecule has 0 radical (unpaired) electrons. The Hall–Kier alpha value is -2.17. The number of amides is 1. The van der Waals surface area contributed by atoms with Gasteiger partial charge >= 0.3 is 0 Å². The van der Waals surface area contributed by atoms with Crippen molar-refractivity contribution in [1.82, 2.24) is 4.90 Å². The number of nitrogens with zero attached hydrogens (tertiary/aromatic N) is 1. The van der Waals surface area contributed by atoms with E-state index in [4.69, 9.17) is 5.73 Å². The number of aryl methyl sites for hydroxylation is 1. The molecule has 3 rings (SSSR count). The molecule has 4 heteroatoms. The summed E-state index contributed by atoms with van der Waals surface area (Å²) < 4.78 is 0. The number of aliphatic hydroxyl groups is 1. The Morgan fingerprint density at radius 1 is 1.07 bits per heavy atom. The molecule has 0 spiro atoms. The van der Waals surface area contributed by atoms with E-state index < -0.39 is 5.54 Å². The maximum Gasteiger partial charge on any atom is 0.226 e. The zero-order chi connectivity index (χ0) is 19.1. The van der Waals surface area contributed by atoms with Crippen molar-refractivity contribution in [2.75, 3.05) is 19.7 Å². The van der Waals surface area contributed by atoms with Crippen molar-refractivity contribution in [3.8, 4) is 0 Å². The smallest absolute Gasteiger partial charge is 0.226 e. The lowest BCUT2D eigenvalue weighted by molar-refractivity contribution is -0.138. The van der Waals surface area contributed by atoms with Gasteiger partial charge in [0, 0.05) is 19.0 Å². The number of aliphatic hydroxyl groups excluding tert-OH is 1. The van der Waals surface area contributed by atoms with Gasteiger partial charge in [0.05, 0.1) is 12.1 Å². The number of carbonyl (C=O) groups excluding carboxylic acids is 1. The van der Waals surface area contributed by atoms with Crippen LogP contribution in [0.25, 0.3) is 0 Å². The van der Waals surface area contributed by atoms with Crippen LogP contribution in [0.4, 0.5) is 0 Å². The molecule has 1 amide bonds. The summed E-state index contributed by atoms with van der Waals surface area (Å²) in [5.41, 5.74) is 8.04. The molecule has 2 aromatic rings. The Morgan fingerprint density at radius 2 is 1.70 bits per heavy atom. The van der Waals surface area contributed by atoms with E-state index in [2.05, 4.69) is 24.3 Å². The molecule has 3 N–H and O–H groups in total. The fourth-order valence-electron chi connectivity index (χ4n) is 3.93. The lowest BCUT2D eigenvalue weighted by Gasteiger charge is -2.40. The van der Waals surface area contributed by atoms with Crippen LogP contribution in [0.1, 0.15) is 30.4 Å². The Balaban J connectivity index is 1.72. The highest BCUT2D eigenvalue weighted by Crippen LogP contribution is 2.24. The summed E-state index contributed by atoms with van der Waals surface area (Å²) in [5.74, 6) is 0.0893. The SMILES string of the molecule is NC1(CO)CCCN(C(=O)C(CCc2ccccc2)Cc2ccccc2)C1. The van der Waals surface area contributed by atoms with E-state index in [-0.39, 0.29) is 18.4 Å². The molecule has 1 aliphatic rings.